The highest BCUT2D eigenvalue weighted by Gasteiger charge is 2.01. The summed E-state index contributed by atoms with van der Waals surface area (Å²) in [6.07, 6.45) is 3.64. The normalized spacial score (nSPS) is 10.6. The van der Waals surface area contributed by atoms with Gasteiger partial charge in [-0.15, -0.1) is 0 Å². The van der Waals surface area contributed by atoms with E-state index in [0.717, 1.165) is 22.0 Å². The van der Waals surface area contributed by atoms with Gasteiger partial charge in [0.05, 0.1) is 0 Å². The Kier molecular flexibility index (Phi) is 1.65. The predicted octanol–water partition coefficient (Wildman–Crippen LogP) is 1.83. The van der Waals surface area contributed by atoms with Crippen molar-refractivity contribution in [2.75, 3.05) is 5.73 Å². The first-order chi connectivity index (χ1) is 6.18. The summed E-state index contributed by atoms with van der Waals surface area (Å²) in [4.78, 5) is 8.30. The van der Waals surface area contributed by atoms with Crippen LogP contribution in [0.2, 0.25) is 0 Å². The Hall–Kier alpha value is -1.64. The van der Waals surface area contributed by atoms with Gasteiger partial charge in [0.25, 0.3) is 0 Å². The lowest BCUT2D eigenvalue weighted by Gasteiger charge is -2.04. The fraction of sp³-hybridized carbons (Fsp3) is 0.200. The van der Waals surface area contributed by atoms with Gasteiger partial charge in [-0.2, -0.15) is 0 Å². The maximum Gasteiger partial charge on any atom is 0.123 e. The van der Waals surface area contributed by atoms with E-state index in [2.05, 4.69) is 9.97 Å². The highest BCUT2D eigenvalue weighted by Crippen LogP contribution is 2.20. The zero-order valence-electron chi connectivity index (χ0n) is 7.70. The van der Waals surface area contributed by atoms with Crippen molar-refractivity contribution in [1.29, 1.82) is 0 Å². The maximum absolute atomic E-state index is 5.61. The van der Waals surface area contributed by atoms with Gasteiger partial charge >= 0.3 is 0 Å². The molecule has 0 aliphatic heterocycles. The van der Waals surface area contributed by atoms with E-state index in [4.69, 9.17) is 5.73 Å². The van der Waals surface area contributed by atoms with Crippen LogP contribution in [0.1, 0.15) is 11.3 Å². The molecule has 0 atom stereocenters. The van der Waals surface area contributed by atoms with Crippen LogP contribution >= 0.6 is 0 Å². The van der Waals surface area contributed by atoms with Gasteiger partial charge in [-0.3, -0.25) is 4.98 Å². The van der Waals surface area contributed by atoms with Crippen molar-refractivity contribution in [3.8, 4) is 0 Å². The summed E-state index contributed by atoms with van der Waals surface area (Å²) in [5.74, 6) is 0.557. The quantitative estimate of drug-likeness (QED) is 0.661. The van der Waals surface area contributed by atoms with E-state index in [-0.39, 0.29) is 0 Å². The monoisotopic (exact) mass is 173 g/mol. The van der Waals surface area contributed by atoms with E-state index < -0.39 is 0 Å². The van der Waals surface area contributed by atoms with Crippen molar-refractivity contribution in [3.63, 3.8) is 0 Å². The van der Waals surface area contributed by atoms with Crippen molar-refractivity contribution in [2.45, 2.75) is 13.8 Å². The summed E-state index contributed by atoms with van der Waals surface area (Å²) in [6.45, 7) is 3.99. The van der Waals surface area contributed by atoms with E-state index in [1.54, 1.807) is 6.20 Å². The Balaban J connectivity index is 2.92. The first-order valence-corrected chi connectivity index (χ1v) is 4.16. The van der Waals surface area contributed by atoms with Crippen molar-refractivity contribution < 1.29 is 0 Å². The van der Waals surface area contributed by atoms with Crippen molar-refractivity contribution in [2.24, 2.45) is 0 Å². The summed E-state index contributed by atoms with van der Waals surface area (Å²) in [5.41, 5.74) is 7.74. The number of pyridine rings is 2. The topological polar surface area (TPSA) is 51.8 Å². The minimum atomic E-state index is 0.557. The molecule has 2 aromatic heterocycles. The van der Waals surface area contributed by atoms with Crippen molar-refractivity contribution in [3.05, 3.63) is 29.7 Å². The molecule has 0 amide bonds. The molecular formula is C10H11N3. The number of nitrogen functional groups attached to an aromatic ring is 1. The molecule has 0 aliphatic rings. The Labute approximate surface area is 76.6 Å². The third kappa shape index (κ3) is 1.22. The van der Waals surface area contributed by atoms with Gasteiger partial charge in [0.15, 0.2) is 0 Å². The van der Waals surface area contributed by atoms with Gasteiger partial charge in [0, 0.05) is 23.5 Å². The lowest BCUT2D eigenvalue weighted by Crippen LogP contribution is -1.93. The van der Waals surface area contributed by atoms with Crippen LogP contribution in [0.3, 0.4) is 0 Å². The second kappa shape index (κ2) is 2.69. The SMILES string of the molecule is Cc1cnc(C)c2cnc(N)cc12. The molecule has 2 N–H and O–H groups in total. The van der Waals surface area contributed by atoms with Crippen LogP contribution in [0, 0.1) is 13.8 Å². The van der Waals surface area contributed by atoms with Gasteiger partial charge in [0.2, 0.25) is 0 Å². The molecule has 0 fully saturated rings. The van der Waals surface area contributed by atoms with Crippen LogP contribution in [0.5, 0.6) is 0 Å². The lowest BCUT2D eigenvalue weighted by atomic mass is 10.1. The Morgan fingerprint density at radius 1 is 1.08 bits per heavy atom. The van der Waals surface area contributed by atoms with Crippen LogP contribution in [0.4, 0.5) is 5.82 Å². The van der Waals surface area contributed by atoms with E-state index >= 15 is 0 Å². The van der Waals surface area contributed by atoms with Crippen molar-refractivity contribution >= 4 is 16.6 Å². The number of rotatable bonds is 0. The number of aromatic nitrogens is 2. The zero-order valence-corrected chi connectivity index (χ0v) is 7.70. The van der Waals surface area contributed by atoms with Crippen LogP contribution in [0.15, 0.2) is 18.5 Å². The fourth-order valence-corrected chi connectivity index (χ4v) is 1.42. The molecule has 0 aromatic carbocycles. The largest absolute Gasteiger partial charge is 0.384 e. The number of fused-ring (bicyclic) bond motifs is 1. The summed E-state index contributed by atoms with van der Waals surface area (Å²) < 4.78 is 0. The molecular weight excluding hydrogens is 162 g/mol. The molecule has 0 saturated carbocycles. The molecule has 13 heavy (non-hydrogen) atoms. The molecule has 2 heterocycles. The number of aryl methyl sites for hydroxylation is 2. The smallest absolute Gasteiger partial charge is 0.123 e. The number of anilines is 1. The van der Waals surface area contributed by atoms with Gasteiger partial charge in [-0.25, -0.2) is 4.98 Å². The third-order valence-electron chi connectivity index (χ3n) is 2.19. The van der Waals surface area contributed by atoms with E-state index in [1.807, 2.05) is 26.1 Å². The number of hydrogen-bond acceptors (Lipinski definition) is 3. The summed E-state index contributed by atoms with van der Waals surface area (Å²) >= 11 is 0. The fourth-order valence-electron chi connectivity index (χ4n) is 1.42. The van der Waals surface area contributed by atoms with E-state index in [1.165, 1.54) is 0 Å². The van der Waals surface area contributed by atoms with Crippen molar-refractivity contribution in [1.82, 2.24) is 9.97 Å². The average molecular weight is 173 g/mol. The Morgan fingerprint density at radius 3 is 2.62 bits per heavy atom. The minimum Gasteiger partial charge on any atom is -0.384 e. The molecule has 0 unspecified atom stereocenters. The van der Waals surface area contributed by atoms with E-state index in [9.17, 15) is 0 Å². The molecule has 3 nitrogen and oxygen atoms in total. The number of nitrogens with two attached hydrogens (primary N) is 1. The van der Waals surface area contributed by atoms with E-state index in [0.29, 0.717) is 5.82 Å². The molecule has 3 heteroatoms. The number of hydrogen-bond donors (Lipinski definition) is 1. The average Bonchev–Trinajstić information content (AvgIpc) is 2.12. The van der Waals surface area contributed by atoms with Crippen LogP contribution in [-0.4, -0.2) is 9.97 Å². The summed E-state index contributed by atoms with van der Waals surface area (Å²) in [6, 6.07) is 1.89. The van der Waals surface area contributed by atoms with Gasteiger partial charge < -0.3 is 5.73 Å². The molecule has 0 saturated heterocycles. The molecule has 0 aliphatic carbocycles. The van der Waals surface area contributed by atoms with Gasteiger partial charge in [0.1, 0.15) is 5.82 Å². The Bertz CT molecular complexity index is 463. The number of nitrogens with zero attached hydrogens (tertiary/aromatic N) is 2. The molecule has 0 radical (unpaired) electrons. The first-order valence-electron chi connectivity index (χ1n) is 4.16. The standard InChI is InChI=1S/C10H11N3/c1-6-4-12-7(2)9-5-13-10(11)3-8(6)9/h3-5H,1-2H3,(H2,11,13). The zero-order chi connectivity index (χ0) is 9.42. The molecule has 0 spiro atoms. The van der Waals surface area contributed by atoms with Gasteiger partial charge in [-0.1, -0.05) is 0 Å². The van der Waals surface area contributed by atoms with Crippen LogP contribution in [-0.2, 0) is 0 Å². The predicted molar refractivity (Wildman–Crippen MR) is 53.4 cm³/mol. The van der Waals surface area contributed by atoms with Gasteiger partial charge in [-0.05, 0) is 30.9 Å². The summed E-state index contributed by atoms with van der Waals surface area (Å²) in [7, 11) is 0. The van der Waals surface area contributed by atoms with Crippen LogP contribution < -0.4 is 5.73 Å². The maximum atomic E-state index is 5.61. The van der Waals surface area contributed by atoms with Crippen LogP contribution in [0.25, 0.3) is 10.8 Å². The molecule has 2 aromatic rings. The summed E-state index contributed by atoms with van der Waals surface area (Å²) in [5, 5.41) is 2.22. The highest BCUT2D eigenvalue weighted by molar-refractivity contribution is 5.87. The molecule has 66 valence electrons. The first kappa shape index (κ1) is 7.98. The minimum absolute atomic E-state index is 0.557. The second-order valence-electron chi connectivity index (χ2n) is 3.18. The third-order valence-corrected chi connectivity index (χ3v) is 2.19. The second-order valence-corrected chi connectivity index (χ2v) is 3.18. The lowest BCUT2D eigenvalue weighted by molar-refractivity contribution is 1.20. The molecule has 0 bridgehead atoms. The highest BCUT2D eigenvalue weighted by atomic mass is 14.8. The molecule has 2 rings (SSSR count). The Morgan fingerprint density at radius 2 is 1.85 bits per heavy atom.